The first-order chi connectivity index (χ1) is 14.2. The molecule has 1 aromatic heterocycles. The molecule has 0 radical (unpaired) electrons. The lowest BCUT2D eigenvalue weighted by Gasteiger charge is -2.33. The Morgan fingerprint density at radius 3 is 2.76 bits per heavy atom. The molecule has 2 aliphatic heterocycles. The fourth-order valence-electron chi connectivity index (χ4n) is 3.28. The van der Waals surface area contributed by atoms with Crippen molar-refractivity contribution in [1.29, 1.82) is 0 Å². The van der Waals surface area contributed by atoms with Crippen LogP contribution < -0.4 is 15.9 Å². The minimum absolute atomic E-state index is 0.175. The monoisotopic (exact) mass is 438 g/mol. The number of halogens is 1. The summed E-state index contributed by atoms with van der Waals surface area (Å²) in [4.78, 5) is 19.0. The molecule has 0 bridgehead atoms. The van der Waals surface area contributed by atoms with Crippen LogP contribution in [0.2, 0.25) is 5.02 Å². The molecule has 5 nitrogen and oxygen atoms in total. The second-order valence-corrected chi connectivity index (χ2v) is 8.82. The number of benzene rings is 2. The zero-order chi connectivity index (χ0) is 19.8. The first-order valence-electron chi connectivity index (χ1n) is 8.97. The number of para-hydroxylation sites is 1. The second-order valence-electron chi connectivity index (χ2n) is 6.47. The van der Waals surface area contributed by atoms with Gasteiger partial charge in [-0.1, -0.05) is 65.8 Å². The molecule has 2 aromatic carbocycles. The number of carbonyl (C=O) groups is 1. The van der Waals surface area contributed by atoms with E-state index in [0.29, 0.717) is 21.6 Å². The van der Waals surface area contributed by atoms with Crippen molar-refractivity contribution in [3.63, 3.8) is 0 Å². The Morgan fingerprint density at radius 1 is 1.10 bits per heavy atom. The highest BCUT2D eigenvalue weighted by atomic mass is 35.5. The van der Waals surface area contributed by atoms with Gasteiger partial charge in [0.1, 0.15) is 5.70 Å². The largest absolute Gasteiger partial charge is 0.298 e. The molecule has 5 rings (SSSR count). The van der Waals surface area contributed by atoms with Gasteiger partial charge in [-0.25, -0.2) is 5.01 Å². The maximum atomic E-state index is 13.0. The third kappa shape index (κ3) is 3.46. The minimum atomic E-state index is -0.359. The second kappa shape index (κ2) is 7.67. The Hall–Kier alpha value is -2.61. The van der Waals surface area contributed by atoms with E-state index in [1.807, 2.05) is 66.0 Å². The van der Waals surface area contributed by atoms with Gasteiger partial charge in [-0.2, -0.15) is 0 Å². The van der Waals surface area contributed by atoms with Gasteiger partial charge in [-0.3, -0.25) is 15.1 Å². The third-order valence-corrected chi connectivity index (χ3v) is 6.83. The molecule has 3 heterocycles. The topological polar surface area (TPSA) is 57.1 Å². The smallest absolute Gasteiger partial charge is 0.276 e. The van der Waals surface area contributed by atoms with Crippen LogP contribution in [0, 0.1) is 0 Å². The summed E-state index contributed by atoms with van der Waals surface area (Å²) in [5.74, 6) is 0.435. The number of nitrogens with zero attached hydrogens (tertiary/aromatic N) is 3. The van der Waals surface area contributed by atoms with Crippen LogP contribution in [0.4, 0.5) is 0 Å². The van der Waals surface area contributed by atoms with E-state index in [1.54, 1.807) is 16.3 Å². The lowest BCUT2D eigenvalue weighted by molar-refractivity contribution is -0.116. The fraction of sp³-hybridized carbons (Fsp3) is 0.0952. The standard InChI is InChI=1S/C21H15ClN4OS2/c22-15-8-3-1-6-13(15)12-29-21-24-20(27)18-14-7-2-4-9-16(14)23-19(26(18)25-21)17-10-5-11-28-17/h1-11,19H,12H2,(H,24,25,27). The van der Waals surface area contributed by atoms with Gasteiger partial charge in [-0.05, 0) is 29.1 Å². The van der Waals surface area contributed by atoms with Crippen molar-refractivity contribution < 1.29 is 4.79 Å². The number of carbonyl (C=O) groups excluding carboxylic acids is 1. The number of rotatable bonds is 3. The van der Waals surface area contributed by atoms with Crippen molar-refractivity contribution in [3.05, 3.63) is 92.1 Å². The van der Waals surface area contributed by atoms with E-state index < -0.39 is 0 Å². The maximum Gasteiger partial charge on any atom is 0.276 e. The normalized spacial score (nSPS) is 17.8. The Labute approximate surface area is 180 Å². The van der Waals surface area contributed by atoms with Crippen LogP contribution in [0.15, 0.2) is 76.1 Å². The molecule has 1 atom stereocenters. The lowest BCUT2D eigenvalue weighted by Crippen LogP contribution is -2.50. The summed E-state index contributed by atoms with van der Waals surface area (Å²) in [6, 6.07) is 19.3. The SMILES string of the molecule is O=C1NC(SCc2ccccc2Cl)=NN2C1=c1ccccc1=NC2c1cccs1. The fourth-order valence-corrected chi connectivity index (χ4v) is 5.16. The van der Waals surface area contributed by atoms with Gasteiger partial charge < -0.3 is 0 Å². The lowest BCUT2D eigenvalue weighted by atomic mass is 10.1. The predicted molar refractivity (Wildman–Crippen MR) is 118 cm³/mol. The number of hydrogen-bond acceptors (Lipinski definition) is 6. The Kier molecular flexibility index (Phi) is 4.87. The van der Waals surface area contributed by atoms with Gasteiger partial charge >= 0.3 is 0 Å². The number of thiophene rings is 1. The van der Waals surface area contributed by atoms with Gasteiger partial charge in [0.05, 0.1) is 10.2 Å². The van der Waals surface area contributed by atoms with Crippen LogP contribution in [0.5, 0.6) is 0 Å². The van der Waals surface area contributed by atoms with Gasteiger partial charge in [-0.15, -0.1) is 16.4 Å². The maximum absolute atomic E-state index is 13.0. The molecule has 0 spiro atoms. The molecule has 1 amide bonds. The summed E-state index contributed by atoms with van der Waals surface area (Å²) in [6.07, 6.45) is -0.359. The van der Waals surface area contributed by atoms with Crippen LogP contribution in [0.1, 0.15) is 16.6 Å². The first kappa shape index (κ1) is 18.4. The number of hydrogen-bond donors (Lipinski definition) is 1. The molecule has 0 saturated heterocycles. The van der Waals surface area contributed by atoms with E-state index in [1.165, 1.54) is 11.8 Å². The summed E-state index contributed by atoms with van der Waals surface area (Å²) in [5, 5.41) is 14.2. The number of nitrogens with one attached hydrogen (secondary N) is 1. The van der Waals surface area contributed by atoms with Crippen molar-refractivity contribution in [3.8, 4) is 0 Å². The third-order valence-electron chi connectivity index (χ3n) is 4.64. The van der Waals surface area contributed by atoms with E-state index in [-0.39, 0.29) is 12.1 Å². The zero-order valence-electron chi connectivity index (χ0n) is 15.1. The van der Waals surface area contributed by atoms with Crippen molar-refractivity contribution in [1.82, 2.24) is 10.3 Å². The van der Waals surface area contributed by atoms with Crippen LogP contribution in [-0.2, 0) is 10.5 Å². The number of thioether (sulfide) groups is 1. The van der Waals surface area contributed by atoms with Gasteiger partial charge in [0.15, 0.2) is 11.3 Å². The number of hydrazone groups is 1. The number of amides is 1. The highest BCUT2D eigenvalue weighted by Gasteiger charge is 2.34. The molecular formula is C21H15ClN4OS2. The van der Waals surface area contributed by atoms with E-state index in [9.17, 15) is 4.79 Å². The summed E-state index contributed by atoms with van der Waals surface area (Å²) in [6.45, 7) is 0. The van der Waals surface area contributed by atoms with E-state index in [4.69, 9.17) is 21.7 Å². The molecule has 144 valence electrons. The van der Waals surface area contributed by atoms with Crippen molar-refractivity contribution >= 4 is 51.5 Å². The molecule has 1 N–H and O–H groups in total. The molecule has 3 aromatic rings. The molecule has 0 saturated carbocycles. The van der Waals surface area contributed by atoms with Crippen LogP contribution in [-0.4, -0.2) is 16.1 Å². The van der Waals surface area contributed by atoms with Crippen LogP contribution in [0.3, 0.4) is 0 Å². The Morgan fingerprint density at radius 2 is 1.93 bits per heavy atom. The van der Waals surface area contributed by atoms with Crippen molar-refractivity contribution in [2.24, 2.45) is 10.1 Å². The van der Waals surface area contributed by atoms with E-state index in [2.05, 4.69) is 5.32 Å². The molecule has 29 heavy (non-hydrogen) atoms. The van der Waals surface area contributed by atoms with E-state index >= 15 is 0 Å². The average molecular weight is 439 g/mol. The quantitative estimate of drug-likeness (QED) is 0.681. The number of amidine groups is 1. The summed E-state index contributed by atoms with van der Waals surface area (Å²) in [5.41, 5.74) is 1.52. The zero-order valence-corrected chi connectivity index (χ0v) is 17.5. The predicted octanol–water partition coefficient (Wildman–Crippen LogP) is 3.48. The van der Waals surface area contributed by atoms with Gasteiger partial charge in [0.25, 0.3) is 5.91 Å². The Balaban J connectivity index is 1.55. The summed E-state index contributed by atoms with van der Waals surface area (Å²) in [7, 11) is 0. The molecule has 8 heteroatoms. The molecule has 1 unspecified atom stereocenters. The van der Waals surface area contributed by atoms with Crippen LogP contribution >= 0.6 is 34.7 Å². The highest BCUT2D eigenvalue weighted by molar-refractivity contribution is 8.13. The molecule has 2 aliphatic rings. The highest BCUT2D eigenvalue weighted by Crippen LogP contribution is 2.33. The summed E-state index contributed by atoms with van der Waals surface area (Å²) >= 11 is 9.31. The Bertz CT molecular complexity index is 1240. The molecule has 0 aliphatic carbocycles. The molecular weight excluding hydrogens is 424 g/mol. The van der Waals surface area contributed by atoms with E-state index in [0.717, 1.165) is 21.0 Å². The average Bonchev–Trinajstić information content (AvgIpc) is 3.27. The summed E-state index contributed by atoms with van der Waals surface area (Å²) < 4.78 is 0. The molecule has 0 fully saturated rings. The van der Waals surface area contributed by atoms with Gasteiger partial charge in [0, 0.05) is 16.0 Å². The van der Waals surface area contributed by atoms with Crippen molar-refractivity contribution in [2.75, 3.05) is 0 Å². The van der Waals surface area contributed by atoms with Crippen LogP contribution in [0.25, 0.3) is 5.70 Å². The minimum Gasteiger partial charge on any atom is -0.298 e. The van der Waals surface area contributed by atoms with Crippen molar-refractivity contribution in [2.45, 2.75) is 11.9 Å². The van der Waals surface area contributed by atoms with Gasteiger partial charge in [0.2, 0.25) is 0 Å². The number of fused-ring (bicyclic) bond motifs is 2. The first-order valence-corrected chi connectivity index (χ1v) is 11.2.